The van der Waals surface area contributed by atoms with Crippen LogP contribution in [-0.4, -0.2) is 29.4 Å². The number of amides is 1. The van der Waals surface area contributed by atoms with E-state index in [4.69, 9.17) is 9.47 Å². The number of aryl methyl sites for hydroxylation is 1. The van der Waals surface area contributed by atoms with Gasteiger partial charge in [0.2, 0.25) is 0 Å². The molecule has 0 aliphatic heterocycles. The summed E-state index contributed by atoms with van der Waals surface area (Å²) in [6, 6.07) is 20.5. The minimum atomic E-state index is -0.659. The molecule has 0 fully saturated rings. The highest BCUT2D eigenvalue weighted by molar-refractivity contribution is 9.09. The van der Waals surface area contributed by atoms with Crippen molar-refractivity contribution in [2.24, 2.45) is 0 Å². The molecule has 0 aromatic heterocycles. The average molecular weight is 510 g/mol. The Bertz CT molecular complexity index is 1140. The summed E-state index contributed by atoms with van der Waals surface area (Å²) in [5, 5.41) is 3.61. The van der Waals surface area contributed by atoms with Gasteiger partial charge in [-0.25, -0.2) is 4.79 Å². The second kappa shape index (κ2) is 10.7. The fourth-order valence-corrected chi connectivity index (χ4v) is 3.41. The van der Waals surface area contributed by atoms with Crippen molar-refractivity contribution in [2.75, 3.05) is 17.3 Å². The molecule has 0 bridgehead atoms. The van der Waals surface area contributed by atoms with Gasteiger partial charge >= 0.3 is 5.97 Å². The Morgan fingerprint density at radius 1 is 0.909 bits per heavy atom. The summed E-state index contributed by atoms with van der Waals surface area (Å²) in [5.41, 5.74) is 3.16. The molecule has 172 valence electrons. The lowest BCUT2D eigenvalue weighted by atomic mass is 10.0. The van der Waals surface area contributed by atoms with Crippen molar-refractivity contribution < 1.29 is 19.1 Å². The number of ether oxygens (including phenoxy) is 2. The molecule has 33 heavy (non-hydrogen) atoms. The van der Waals surface area contributed by atoms with E-state index >= 15 is 0 Å². The first-order valence-corrected chi connectivity index (χ1v) is 11.8. The zero-order chi connectivity index (χ0) is 24.0. The normalized spacial score (nSPS) is 11.1. The van der Waals surface area contributed by atoms with Crippen molar-refractivity contribution in [3.05, 3.63) is 83.4 Å². The van der Waals surface area contributed by atoms with E-state index in [1.54, 1.807) is 18.2 Å². The maximum absolute atomic E-state index is 13.2. The van der Waals surface area contributed by atoms with Gasteiger partial charge in [0, 0.05) is 10.9 Å². The molecule has 0 aliphatic carbocycles. The fourth-order valence-electron chi connectivity index (χ4n) is 3.25. The van der Waals surface area contributed by atoms with E-state index in [2.05, 4.69) is 21.2 Å². The zero-order valence-electron chi connectivity index (χ0n) is 19.3. The topological polar surface area (TPSA) is 64.6 Å². The van der Waals surface area contributed by atoms with E-state index < -0.39 is 11.6 Å². The Morgan fingerprint density at radius 2 is 1.64 bits per heavy atom. The first-order valence-electron chi connectivity index (χ1n) is 10.7. The van der Waals surface area contributed by atoms with Crippen molar-refractivity contribution in [1.82, 2.24) is 0 Å². The molecular formula is C27H28BrNO4. The van der Waals surface area contributed by atoms with Crippen LogP contribution < -0.4 is 10.1 Å². The molecule has 0 heterocycles. The average Bonchev–Trinajstić information content (AvgIpc) is 2.77. The molecule has 0 radical (unpaired) electrons. The molecule has 6 heteroatoms. The summed E-state index contributed by atoms with van der Waals surface area (Å²) in [6.45, 7) is 7.78. The predicted molar refractivity (Wildman–Crippen MR) is 135 cm³/mol. The van der Waals surface area contributed by atoms with E-state index in [-0.39, 0.29) is 5.91 Å². The van der Waals surface area contributed by atoms with Crippen molar-refractivity contribution in [3.8, 4) is 16.9 Å². The van der Waals surface area contributed by atoms with E-state index in [0.717, 1.165) is 16.7 Å². The van der Waals surface area contributed by atoms with Gasteiger partial charge in [0.05, 0.1) is 17.9 Å². The van der Waals surface area contributed by atoms with Crippen molar-refractivity contribution in [3.63, 3.8) is 0 Å². The van der Waals surface area contributed by atoms with E-state index in [1.165, 1.54) is 0 Å². The Hall–Kier alpha value is -3.12. The van der Waals surface area contributed by atoms with Crippen LogP contribution in [-0.2, 0) is 4.74 Å². The molecule has 3 aromatic rings. The van der Waals surface area contributed by atoms with Gasteiger partial charge in [-0.1, -0.05) is 58.4 Å². The Balaban J connectivity index is 1.98. The van der Waals surface area contributed by atoms with Crippen LogP contribution in [0.2, 0.25) is 0 Å². The summed E-state index contributed by atoms with van der Waals surface area (Å²) < 4.78 is 11.2. The van der Waals surface area contributed by atoms with Crippen molar-refractivity contribution >= 4 is 33.5 Å². The first-order chi connectivity index (χ1) is 15.7. The van der Waals surface area contributed by atoms with Crippen LogP contribution in [0, 0.1) is 6.92 Å². The van der Waals surface area contributed by atoms with Crippen LogP contribution in [0.4, 0.5) is 5.69 Å². The number of alkyl halides is 1. The van der Waals surface area contributed by atoms with Gasteiger partial charge in [0.15, 0.2) is 0 Å². The third-order valence-corrected chi connectivity index (χ3v) is 5.12. The lowest BCUT2D eigenvalue weighted by Crippen LogP contribution is -2.25. The molecule has 3 aromatic carbocycles. The predicted octanol–water partition coefficient (Wildman–Crippen LogP) is 6.64. The lowest BCUT2D eigenvalue weighted by molar-refractivity contribution is 0.00708. The van der Waals surface area contributed by atoms with Crippen LogP contribution in [0.3, 0.4) is 0 Å². The maximum Gasteiger partial charge on any atom is 0.340 e. The molecule has 0 saturated heterocycles. The lowest BCUT2D eigenvalue weighted by Gasteiger charge is -2.21. The van der Waals surface area contributed by atoms with Gasteiger partial charge in [0.1, 0.15) is 11.4 Å². The molecular weight excluding hydrogens is 482 g/mol. The smallest absolute Gasteiger partial charge is 0.340 e. The summed E-state index contributed by atoms with van der Waals surface area (Å²) >= 11 is 3.33. The van der Waals surface area contributed by atoms with Gasteiger partial charge in [-0.2, -0.15) is 0 Å². The molecule has 0 aliphatic rings. The second-order valence-corrected chi connectivity index (χ2v) is 9.39. The molecule has 3 rings (SSSR count). The summed E-state index contributed by atoms with van der Waals surface area (Å²) in [5.74, 6) is -0.217. The van der Waals surface area contributed by atoms with Crippen molar-refractivity contribution in [2.45, 2.75) is 33.3 Å². The highest BCUT2D eigenvalue weighted by Gasteiger charge is 2.22. The quantitative estimate of drug-likeness (QED) is 0.286. The number of benzene rings is 3. The van der Waals surface area contributed by atoms with Gasteiger partial charge in [0.25, 0.3) is 5.91 Å². The molecule has 0 spiro atoms. The summed E-state index contributed by atoms with van der Waals surface area (Å²) in [4.78, 5) is 26.1. The van der Waals surface area contributed by atoms with Crippen LogP contribution in [0.1, 0.15) is 47.1 Å². The number of hydrogen-bond acceptors (Lipinski definition) is 4. The van der Waals surface area contributed by atoms with E-state index in [1.807, 2.05) is 76.2 Å². The van der Waals surface area contributed by atoms with Gasteiger partial charge in [-0.15, -0.1) is 0 Å². The molecule has 1 amide bonds. The largest absolute Gasteiger partial charge is 0.493 e. The Labute approximate surface area is 203 Å². The SMILES string of the molecule is Cc1ccc(OCCBr)cc1C(=O)Nc1cc(-c2ccccc2)ccc1C(=O)OC(C)(C)C. The highest BCUT2D eigenvalue weighted by Crippen LogP contribution is 2.28. The molecule has 0 atom stereocenters. The number of nitrogens with one attached hydrogen (secondary N) is 1. The van der Waals surface area contributed by atoms with Crippen LogP contribution in [0.5, 0.6) is 5.75 Å². The molecule has 1 N–H and O–H groups in total. The molecule has 5 nitrogen and oxygen atoms in total. The maximum atomic E-state index is 13.2. The third kappa shape index (κ3) is 6.68. The molecule has 0 saturated carbocycles. The highest BCUT2D eigenvalue weighted by atomic mass is 79.9. The van der Waals surface area contributed by atoms with Gasteiger partial charge in [-0.3, -0.25) is 4.79 Å². The Kier molecular flexibility index (Phi) is 7.92. The van der Waals surface area contributed by atoms with Gasteiger partial charge in [-0.05, 0) is 68.7 Å². The van der Waals surface area contributed by atoms with Crippen LogP contribution in [0.25, 0.3) is 11.1 Å². The van der Waals surface area contributed by atoms with E-state index in [0.29, 0.717) is 34.5 Å². The summed E-state index contributed by atoms with van der Waals surface area (Å²) in [7, 11) is 0. The Morgan fingerprint density at radius 3 is 2.30 bits per heavy atom. The number of carbonyl (C=O) groups is 2. The number of hydrogen-bond donors (Lipinski definition) is 1. The minimum absolute atomic E-state index is 0.294. The zero-order valence-corrected chi connectivity index (χ0v) is 20.9. The van der Waals surface area contributed by atoms with Gasteiger partial charge < -0.3 is 14.8 Å². The monoisotopic (exact) mass is 509 g/mol. The number of esters is 1. The number of halogens is 1. The molecule has 0 unspecified atom stereocenters. The standard InChI is InChI=1S/C27H28BrNO4/c1-18-10-12-21(32-15-14-28)17-23(18)25(30)29-24-16-20(19-8-6-5-7-9-19)11-13-22(24)26(31)33-27(2,3)4/h5-13,16-17H,14-15H2,1-4H3,(H,29,30). The van der Waals surface area contributed by atoms with Crippen molar-refractivity contribution in [1.29, 1.82) is 0 Å². The first kappa shape index (κ1) is 24.5. The number of anilines is 1. The second-order valence-electron chi connectivity index (χ2n) is 8.60. The van der Waals surface area contributed by atoms with E-state index in [9.17, 15) is 9.59 Å². The fraction of sp³-hybridized carbons (Fsp3) is 0.259. The minimum Gasteiger partial charge on any atom is -0.493 e. The third-order valence-electron chi connectivity index (χ3n) is 4.79. The summed E-state index contributed by atoms with van der Waals surface area (Å²) in [6.07, 6.45) is 0. The van der Waals surface area contributed by atoms with Crippen LogP contribution >= 0.6 is 15.9 Å². The number of carbonyl (C=O) groups excluding carboxylic acids is 2. The number of rotatable bonds is 7. The van der Waals surface area contributed by atoms with Crippen LogP contribution in [0.15, 0.2) is 66.7 Å².